The summed E-state index contributed by atoms with van der Waals surface area (Å²) in [7, 11) is -3.13. The number of hydrogen-bond donors (Lipinski definition) is 0. The van der Waals surface area contributed by atoms with Gasteiger partial charge in [0.25, 0.3) is 0 Å². The van der Waals surface area contributed by atoms with Crippen LogP contribution in [0.25, 0.3) is 11.4 Å². The molecule has 7 nitrogen and oxygen atoms in total. The summed E-state index contributed by atoms with van der Waals surface area (Å²) < 4.78 is 42.5. The standard InChI is InChI=1S/C14H17FN4O3S/c1-23(20,21)19-8-6-18(7-9-19)10-13-16-14(17-22-13)11-2-4-12(15)5-3-11/h2-5H,6-10H2,1H3. The molecule has 1 saturated heterocycles. The van der Waals surface area contributed by atoms with E-state index in [9.17, 15) is 12.8 Å². The first-order chi connectivity index (χ1) is 10.9. The molecule has 23 heavy (non-hydrogen) atoms. The molecular weight excluding hydrogens is 323 g/mol. The fourth-order valence-electron chi connectivity index (χ4n) is 2.45. The molecule has 9 heteroatoms. The maximum Gasteiger partial charge on any atom is 0.241 e. The minimum Gasteiger partial charge on any atom is -0.338 e. The molecule has 0 bridgehead atoms. The van der Waals surface area contributed by atoms with Gasteiger partial charge in [0.1, 0.15) is 5.82 Å². The number of nitrogens with zero attached hydrogens (tertiary/aromatic N) is 4. The smallest absolute Gasteiger partial charge is 0.241 e. The van der Waals surface area contributed by atoms with Crippen molar-refractivity contribution in [2.24, 2.45) is 0 Å². The molecule has 0 aliphatic carbocycles. The highest BCUT2D eigenvalue weighted by molar-refractivity contribution is 7.88. The minimum absolute atomic E-state index is 0.318. The maximum absolute atomic E-state index is 12.9. The predicted octanol–water partition coefficient (Wildman–Crippen LogP) is 0.953. The summed E-state index contributed by atoms with van der Waals surface area (Å²) >= 11 is 0. The van der Waals surface area contributed by atoms with Crippen molar-refractivity contribution in [1.82, 2.24) is 19.3 Å². The van der Waals surface area contributed by atoms with Gasteiger partial charge in [0, 0.05) is 31.7 Å². The van der Waals surface area contributed by atoms with Crippen molar-refractivity contribution in [3.63, 3.8) is 0 Å². The number of halogens is 1. The molecule has 0 amide bonds. The third-order valence-electron chi connectivity index (χ3n) is 3.73. The lowest BCUT2D eigenvalue weighted by atomic mass is 10.2. The zero-order valence-corrected chi connectivity index (χ0v) is 13.5. The van der Waals surface area contributed by atoms with Crippen molar-refractivity contribution in [2.75, 3.05) is 32.4 Å². The Morgan fingerprint density at radius 3 is 2.43 bits per heavy atom. The molecule has 0 unspecified atom stereocenters. The Morgan fingerprint density at radius 2 is 1.83 bits per heavy atom. The van der Waals surface area contributed by atoms with Gasteiger partial charge < -0.3 is 4.52 Å². The summed E-state index contributed by atoms with van der Waals surface area (Å²) in [5, 5.41) is 3.89. The van der Waals surface area contributed by atoms with Crippen LogP contribution in [0.4, 0.5) is 4.39 Å². The highest BCUT2D eigenvalue weighted by Gasteiger charge is 2.24. The molecule has 2 aromatic rings. The van der Waals surface area contributed by atoms with Gasteiger partial charge in [0.15, 0.2) is 0 Å². The average Bonchev–Trinajstić information content (AvgIpc) is 2.96. The third kappa shape index (κ3) is 3.92. The lowest BCUT2D eigenvalue weighted by molar-refractivity contribution is 0.164. The molecule has 0 atom stereocenters. The first-order valence-electron chi connectivity index (χ1n) is 7.18. The number of sulfonamides is 1. The predicted molar refractivity (Wildman–Crippen MR) is 81.4 cm³/mol. The highest BCUT2D eigenvalue weighted by Crippen LogP contribution is 2.17. The van der Waals surface area contributed by atoms with Gasteiger partial charge in [-0.05, 0) is 24.3 Å². The van der Waals surface area contributed by atoms with E-state index in [-0.39, 0.29) is 5.82 Å². The molecular formula is C14H17FN4O3S. The summed E-state index contributed by atoms with van der Waals surface area (Å²) in [6.45, 7) is 2.60. The lowest BCUT2D eigenvalue weighted by Crippen LogP contribution is -2.47. The Morgan fingerprint density at radius 1 is 1.17 bits per heavy atom. The normalized spacial score (nSPS) is 17.5. The van der Waals surface area contributed by atoms with Crippen molar-refractivity contribution in [3.8, 4) is 11.4 Å². The Hall–Kier alpha value is -1.84. The number of rotatable bonds is 4. The monoisotopic (exact) mass is 340 g/mol. The van der Waals surface area contributed by atoms with Crippen LogP contribution in [-0.4, -0.2) is 60.2 Å². The molecule has 1 aromatic carbocycles. The first-order valence-corrected chi connectivity index (χ1v) is 9.03. The number of piperazine rings is 1. The topological polar surface area (TPSA) is 79.5 Å². The van der Waals surface area contributed by atoms with Gasteiger partial charge in [0.2, 0.25) is 21.7 Å². The van der Waals surface area contributed by atoms with Crippen molar-refractivity contribution in [3.05, 3.63) is 36.0 Å². The fourth-order valence-corrected chi connectivity index (χ4v) is 3.27. The summed E-state index contributed by atoms with van der Waals surface area (Å²) in [5.41, 5.74) is 0.684. The van der Waals surface area contributed by atoms with Crippen LogP contribution in [0, 0.1) is 5.82 Å². The third-order valence-corrected chi connectivity index (χ3v) is 5.03. The number of aromatic nitrogens is 2. The van der Waals surface area contributed by atoms with E-state index in [0.29, 0.717) is 50.0 Å². The fraction of sp³-hybridized carbons (Fsp3) is 0.429. The van der Waals surface area contributed by atoms with E-state index < -0.39 is 10.0 Å². The minimum atomic E-state index is -3.13. The van der Waals surface area contributed by atoms with Crippen molar-refractivity contribution in [1.29, 1.82) is 0 Å². The molecule has 1 fully saturated rings. The number of benzene rings is 1. The van der Waals surface area contributed by atoms with Gasteiger partial charge in [-0.1, -0.05) is 5.16 Å². The summed E-state index contributed by atoms with van der Waals surface area (Å²) in [6, 6.07) is 5.87. The van der Waals surface area contributed by atoms with Gasteiger partial charge >= 0.3 is 0 Å². The van der Waals surface area contributed by atoms with E-state index in [0.717, 1.165) is 0 Å². The second kappa shape index (κ2) is 6.34. The van der Waals surface area contributed by atoms with Crippen molar-refractivity contribution in [2.45, 2.75) is 6.54 Å². The van der Waals surface area contributed by atoms with Crippen molar-refractivity contribution >= 4 is 10.0 Å². The van der Waals surface area contributed by atoms with E-state index in [1.165, 1.54) is 22.7 Å². The van der Waals surface area contributed by atoms with Gasteiger partial charge in [-0.2, -0.15) is 9.29 Å². The van der Waals surface area contributed by atoms with Crippen LogP contribution >= 0.6 is 0 Å². The molecule has 0 radical (unpaired) electrons. The van der Waals surface area contributed by atoms with Crippen LogP contribution in [0.3, 0.4) is 0 Å². The maximum atomic E-state index is 12.9. The van der Waals surface area contributed by atoms with Crippen LogP contribution in [-0.2, 0) is 16.6 Å². The van der Waals surface area contributed by atoms with Crippen LogP contribution in [0.15, 0.2) is 28.8 Å². The molecule has 0 spiro atoms. The van der Waals surface area contributed by atoms with Crippen LogP contribution < -0.4 is 0 Å². The summed E-state index contributed by atoms with van der Waals surface area (Å²) in [5.74, 6) is 0.549. The van der Waals surface area contributed by atoms with Crippen LogP contribution in [0.1, 0.15) is 5.89 Å². The molecule has 2 heterocycles. The SMILES string of the molecule is CS(=O)(=O)N1CCN(Cc2nc(-c3ccc(F)cc3)no2)CC1. The largest absolute Gasteiger partial charge is 0.338 e. The summed E-state index contributed by atoms with van der Waals surface area (Å²) in [6.07, 6.45) is 1.22. The van der Waals surface area contributed by atoms with Crippen LogP contribution in [0.2, 0.25) is 0 Å². The van der Waals surface area contributed by atoms with E-state index in [1.54, 1.807) is 12.1 Å². The van der Waals surface area contributed by atoms with Gasteiger partial charge in [-0.3, -0.25) is 4.90 Å². The number of hydrogen-bond acceptors (Lipinski definition) is 6. The first kappa shape index (κ1) is 16.0. The lowest BCUT2D eigenvalue weighted by Gasteiger charge is -2.32. The Labute approximate surface area is 133 Å². The molecule has 3 rings (SSSR count). The second-order valence-electron chi connectivity index (χ2n) is 5.46. The van der Waals surface area contributed by atoms with E-state index >= 15 is 0 Å². The molecule has 0 N–H and O–H groups in total. The van der Waals surface area contributed by atoms with Crippen LogP contribution in [0.5, 0.6) is 0 Å². The van der Waals surface area contributed by atoms with Gasteiger partial charge in [-0.15, -0.1) is 0 Å². The van der Waals surface area contributed by atoms with Gasteiger partial charge in [-0.25, -0.2) is 12.8 Å². The Balaban J connectivity index is 1.61. The molecule has 1 aromatic heterocycles. The molecule has 1 aliphatic rings. The zero-order chi connectivity index (χ0) is 16.4. The average molecular weight is 340 g/mol. The summed E-state index contributed by atoms with van der Waals surface area (Å²) in [4.78, 5) is 6.36. The van der Waals surface area contributed by atoms with E-state index in [1.807, 2.05) is 0 Å². The molecule has 1 aliphatic heterocycles. The van der Waals surface area contributed by atoms with E-state index in [2.05, 4.69) is 15.0 Å². The molecule has 124 valence electrons. The second-order valence-corrected chi connectivity index (χ2v) is 7.44. The highest BCUT2D eigenvalue weighted by atomic mass is 32.2. The van der Waals surface area contributed by atoms with Gasteiger partial charge in [0.05, 0.1) is 12.8 Å². The zero-order valence-electron chi connectivity index (χ0n) is 12.6. The Kier molecular flexibility index (Phi) is 4.42. The molecule has 0 saturated carbocycles. The van der Waals surface area contributed by atoms with E-state index in [4.69, 9.17) is 4.52 Å². The quantitative estimate of drug-likeness (QED) is 0.825. The Bertz CT molecular complexity index is 768. The van der Waals surface area contributed by atoms with Crippen molar-refractivity contribution < 1.29 is 17.3 Å².